The lowest BCUT2D eigenvalue weighted by Gasteiger charge is -2.03. The Balaban J connectivity index is 1.84. The standard InChI is InChI=1S/C10H15N3O2S2/c1-2-15-9(14)11-8-12-13-10(17-8)16-7-5-3-4-6-7/h7H,2-6H2,1H3,(H,11,12,14). The summed E-state index contributed by atoms with van der Waals surface area (Å²) >= 11 is 3.17. The van der Waals surface area contributed by atoms with Crippen LogP contribution in [0.5, 0.6) is 0 Å². The largest absolute Gasteiger partial charge is 0.450 e. The number of amides is 1. The average molecular weight is 273 g/mol. The van der Waals surface area contributed by atoms with Crippen molar-refractivity contribution in [2.45, 2.75) is 42.2 Å². The van der Waals surface area contributed by atoms with Gasteiger partial charge >= 0.3 is 6.09 Å². The second kappa shape index (κ2) is 6.20. The Kier molecular flexibility index (Phi) is 4.61. The fourth-order valence-electron chi connectivity index (χ4n) is 1.71. The molecule has 1 saturated carbocycles. The molecule has 0 unspecified atom stereocenters. The van der Waals surface area contributed by atoms with E-state index >= 15 is 0 Å². The van der Waals surface area contributed by atoms with E-state index in [9.17, 15) is 4.79 Å². The third-order valence-corrected chi connectivity index (χ3v) is 4.72. The second-order valence-corrected chi connectivity index (χ2v) is 6.27. The number of hydrogen-bond acceptors (Lipinski definition) is 6. The summed E-state index contributed by atoms with van der Waals surface area (Å²) in [6.45, 7) is 2.12. The number of carbonyl (C=O) groups excluding carboxylic acids is 1. The number of carbonyl (C=O) groups is 1. The minimum absolute atomic E-state index is 0.355. The first-order chi connectivity index (χ1) is 8.28. The highest BCUT2D eigenvalue weighted by atomic mass is 32.2. The smallest absolute Gasteiger partial charge is 0.413 e. The Morgan fingerprint density at radius 2 is 2.29 bits per heavy atom. The molecule has 1 aliphatic rings. The Morgan fingerprint density at radius 3 is 3.00 bits per heavy atom. The summed E-state index contributed by atoms with van der Waals surface area (Å²) < 4.78 is 5.69. The molecular formula is C10H15N3O2S2. The van der Waals surface area contributed by atoms with Crippen molar-refractivity contribution < 1.29 is 9.53 Å². The summed E-state index contributed by atoms with van der Waals surface area (Å²) in [7, 11) is 0. The van der Waals surface area contributed by atoms with E-state index in [1.54, 1.807) is 18.7 Å². The quantitative estimate of drug-likeness (QED) is 0.854. The van der Waals surface area contributed by atoms with Crippen LogP contribution in [0.15, 0.2) is 4.34 Å². The molecule has 0 aromatic carbocycles. The molecule has 0 atom stereocenters. The van der Waals surface area contributed by atoms with Crippen LogP contribution in [0.4, 0.5) is 9.93 Å². The highest BCUT2D eigenvalue weighted by Crippen LogP contribution is 2.36. The number of rotatable bonds is 4. The van der Waals surface area contributed by atoms with Gasteiger partial charge < -0.3 is 4.74 Å². The minimum Gasteiger partial charge on any atom is -0.450 e. The molecule has 17 heavy (non-hydrogen) atoms. The summed E-state index contributed by atoms with van der Waals surface area (Å²) in [5.74, 6) is 0. The highest BCUT2D eigenvalue weighted by Gasteiger charge is 2.18. The maximum atomic E-state index is 11.2. The number of thioether (sulfide) groups is 1. The molecular weight excluding hydrogens is 258 g/mol. The van der Waals surface area contributed by atoms with Crippen LogP contribution in [-0.2, 0) is 4.74 Å². The van der Waals surface area contributed by atoms with E-state index in [0.717, 1.165) is 4.34 Å². The molecule has 0 bridgehead atoms. The van der Waals surface area contributed by atoms with Gasteiger partial charge in [0, 0.05) is 5.25 Å². The summed E-state index contributed by atoms with van der Waals surface area (Å²) in [6.07, 6.45) is 4.66. The van der Waals surface area contributed by atoms with Crippen LogP contribution in [0, 0.1) is 0 Å². The lowest BCUT2D eigenvalue weighted by atomic mass is 10.4. The molecule has 1 N–H and O–H groups in total. The number of nitrogens with zero attached hydrogens (tertiary/aromatic N) is 2. The van der Waals surface area contributed by atoms with Gasteiger partial charge in [0.05, 0.1) is 6.61 Å². The van der Waals surface area contributed by atoms with E-state index in [0.29, 0.717) is 17.0 Å². The minimum atomic E-state index is -0.471. The molecule has 1 heterocycles. The molecule has 1 aromatic heterocycles. The van der Waals surface area contributed by atoms with Gasteiger partial charge in [-0.2, -0.15) is 0 Å². The Hall–Kier alpha value is -0.820. The number of anilines is 1. The van der Waals surface area contributed by atoms with Gasteiger partial charge in [-0.25, -0.2) is 4.79 Å². The number of aromatic nitrogens is 2. The van der Waals surface area contributed by atoms with E-state index in [1.807, 2.05) is 0 Å². The molecule has 5 nitrogen and oxygen atoms in total. The highest BCUT2D eigenvalue weighted by molar-refractivity contribution is 8.01. The number of nitrogens with one attached hydrogen (secondary N) is 1. The van der Waals surface area contributed by atoms with Gasteiger partial charge in [-0.1, -0.05) is 35.9 Å². The second-order valence-electron chi connectivity index (χ2n) is 3.74. The third-order valence-electron chi connectivity index (χ3n) is 2.46. The van der Waals surface area contributed by atoms with E-state index in [2.05, 4.69) is 15.5 Å². The topological polar surface area (TPSA) is 64.1 Å². The first kappa shape index (κ1) is 12.6. The van der Waals surface area contributed by atoms with Gasteiger partial charge in [0.2, 0.25) is 5.13 Å². The normalized spacial score (nSPS) is 16.1. The van der Waals surface area contributed by atoms with Crippen LogP contribution >= 0.6 is 23.1 Å². The monoisotopic (exact) mass is 273 g/mol. The zero-order chi connectivity index (χ0) is 12.1. The van der Waals surface area contributed by atoms with Crippen molar-refractivity contribution in [1.82, 2.24) is 10.2 Å². The SMILES string of the molecule is CCOC(=O)Nc1nnc(SC2CCCC2)s1. The Morgan fingerprint density at radius 1 is 1.53 bits per heavy atom. The van der Waals surface area contributed by atoms with Crippen LogP contribution in [0.2, 0.25) is 0 Å². The third kappa shape index (κ3) is 3.85. The molecule has 94 valence electrons. The first-order valence-corrected chi connectivity index (χ1v) is 7.41. The molecule has 1 fully saturated rings. The predicted octanol–water partition coefficient (Wildman–Crippen LogP) is 3.14. The fraction of sp³-hybridized carbons (Fsp3) is 0.700. The van der Waals surface area contributed by atoms with E-state index in [-0.39, 0.29) is 0 Å². The van der Waals surface area contributed by atoms with Gasteiger partial charge in [0.15, 0.2) is 4.34 Å². The van der Waals surface area contributed by atoms with Crippen LogP contribution in [0.25, 0.3) is 0 Å². The van der Waals surface area contributed by atoms with Crippen LogP contribution < -0.4 is 5.32 Å². The van der Waals surface area contributed by atoms with Crippen molar-refractivity contribution in [2.24, 2.45) is 0 Å². The van der Waals surface area contributed by atoms with Gasteiger partial charge in [-0.3, -0.25) is 5.32 Å². The van der Waals surface area contributed by atoms with Crippen molar-refractivity contribution in [2.75, 3.05) is 11.9 Å². The van der Waals surface area contributed by atoms with Crippen molar-refractivity contribution in [3.05, 3.63) is 0 Å². The molecule has 1 aromatic rings. The van der Waals surface area contributed by atoms with Crippen LogP contribution in [-0.4, -0.2) is 28.1 Å². The zero-order valence-corrected chi connectivity index (χ0v) is 11.3. The van der Waals surface area contributed by atoms with Gasteiger partial charge in [-0.15, -0.1) is 10.2 Å². The van der Waals surface area contributed by atoms with Crippen LogP contribution in [0.3, 0.4) is 0 Å². The molecule has 0 spiro atoms. The van der Waals surface area contributed by atoms with E-state index in [4.69, 9.17) is 4.74 Å². The first-order valence-electron chi connectivity index (χ1n) is 5.72. The summed E-state index contributed by atoms with van der Waals surface area (Å²) in [6, 6.07) is 0. The Labute approximate surface area is 108 Å². The molecule has 0 aliphatic heterocycles. The Bertz CT molecular complexity index is 377. The zero-order valence-electron chi connectivity index (χ0n) is 9.64. The van der Waals surface area contributed by atoms with Crippen molar-refractivity contribution in [1.29, 1.82) is 0 Å². The van der Waals surface area contributed by atoms with E-state index in [1.165, 1.54) is 37.0 Å². The average Bonchev–Trinajstić information content (AvgIpc) is 2.91. The number of hydrogen-bond donors (Lipinski definition) is 1. The van der Waals surface area contributed by atoms with Gasteiger partial charge in [-0.05, 0) is 19.8 Å². The maximum absolute atomic E-state index is 11.2. The molecule has 0 radical (unpaired) electrons. The summed E-state index contributed by atoms with van der Waals surface area (Å²) in [5.41, 5.74) is 0. The van der Waals surface area contributed by atoms with Crippen molar-refractivity contribution in [3.63, 3.8) is 0 Å². The lowest BCUT2D eigenvalue weighted by Crippen LogP contribution is -2.12. The van der Waals surface area contributed by atoms with Crippen LogP contribution in [0.1, 0.15) is 32.6 Å². The van der Waals surface area contributed by atoms with Crippen molar-refractivity contribution >= 4 is 34.3 Å². The van der Waals surface area contributed by atoms with Gasteiger partial charge in [0.25, 0.3) is 0 Å². The fourth-order valence-corrected chi connectivity index (χ4v) is 3.95. The molecule has 1 aliphatic carbocycles. The van der Waals surface area contributed by atoms with Gasteiger partial charge in [0.1, 0.15) is 0 Å². The number of ether oxygens (including phenoxy) is 1. The molecule has 1 amide bonds. The lowest BCUT2D eigenvalue weighted by molar-refractivity contribution is 0.168. The summed E-state index contributed by atoms with van der Waals surface area (Å²) in [5, 5.41) is 11.7. The van der Waals surface area contributed by atoms with Crippen molar-refractivity contribution in [3.8, 4) is 0 Å². The summed E-state index contributed by atoms with van der Waals surface area (Å²) in [4.78, 5) is 11.2. The molecule has 7 heteroatoms. The maximum Gasteiger partial charge on any atom is 0.413 e. The van der Waals surface area contributed by atoms with E-state index < -0.39 is 6.09 Å². The molecule has 2 rings (SSSR count). The predicted molar refractivity (Wildman–Crippen MR) is 68.7 cm³/mol. The molecule has 0 saturated heterocycles.